The molecule has 0 aromatic heterocycles. The maximum Gasteiger partial charge on any atom is 0.168 e. The molecule has 3 aliphatic rings. The summed E-state index contributed by atoms with van der Waals surface area (Å²) in [6.45, 7) is 0. The topological polar surface area (TPSA) is 24.4 Å². The number of nitrogens with zero attached hydrogens (tertiary/aromatic N) is 2. The molecule has 3 heteroatoms. The van der Waals surface area contributed by atoms with Gasteiger partial charge in [0, 0.05) is 31.0 Å². The molecular formula is C16H22N3+. The van der Waals surface area contributed by atoms with Crippen LogP contribution < -0.4 is 9.91 Å². The summed E-state index contributed by atoms with van der Waals surface area (Å²) in [5.74, 6) is 0. The fourth-order valence-electron chi connectivity index (χ4n) is 4.19. The fourth-order valence-corrected chi connectivity index (χ4v) is 4.19. The zero-order valence-electron chi connectivity index (χ0n) is 11.5. The maximum absolute atomic E-state index is 4.87. The first-order valence-corrected chi connectivity index (χ1v) is 7.53. The maximum atomic E-state index is 4.87. The van der Waals surface area contributed by atoms with E-state index in [1.165, 1.54) is 43.4 Å². The Morgan fingerprint density at radius 2 is 1.89 bits per heavy atom. The van der Waals surface area contributed by atoms with Crippen LogP contribution in [0.5, 0.6) is 0 Å². The van der Waals surface area contributed by atoms with Crippen molar-refractivity contribution in [3.8, 4) is 0 Å². The lowest BCUT2D eigenvalue weighted by Gasteiger charge is -2.44. The smallest absolute Gasteiger partial charge is 0.168 e. The van der Waals surface area contributed by atoms with E-state index in [-0.39, 0.29) is 0 Å². The Kier molecular flexibility index (Phi) is 2.54. The highest BCUT2D eigenvalue weighted by Crippen LogP contribution is 2.39. The van der Waals surface area contributed by atoms with E-state index in [9.17, 15) is 0 Å². The van der Waals surface area contributed by atoms with Gasteiger partial charge in [0.05, 0.1) is 18.8 Å². The summed E-state index contributed by atoms with van der Waals surface area (Å²) in [4.78, 5) is 0. The van der Waals surface area contributed by atoms with E-state index in [0.29, 0.717) is 6.04 Å². The van der Waals surface area contributed by atoms with E-state index in [4.69, 9.17) is 5.10 Å². The normalized spacial score (nSPS) is 40.2. The Bertz CT molecular complexity index is 512. The highest BCUT2D eigenvalue weighted by atomic mass is 15.6. The van der Waals surface area contributed by atoms with Crippen LogP contribution in [0.15, 0.2) is 29.4 Å². The van der Waals surface area contributed by atoms with Crippen molar-refractivity contribution < 1.29 is 0 Å². The quantitative estimate of drug-likeness (QED) is 0.768. The number of nitrogens with one attached hydrogen (secondary N) is 1. The molecule has 19 heavy (non-hydrogen) atoms. The van der Waals surface area contributed by atoms with Gasteiger partial charge in [0.1, 0.15) is 6.04 Å². The second-order valence-corrected chi connectivity index (χ2v) is 6.45. The van der Waals surface area contributed by atoms with Crippen LogP contribution in [0, 0.1) is 0 Å². The van der Waals surface area contributed by atoms with Crippen LogP contribution in [0.3, 0.4) is 0 Å². The van der Waals surface area contributed by atoms with E-state index in [2.05, 4.69) is 42.8 Å². The molecule has 0 amide bonds. The summed E-state index contributed by atoms with van der Waals surface area (Å²) in [5, 5.41) is 8.66. The molecule has 0 aliphatic carbocycles. The molecule has 100 valence electrons. The molecule has 0 spiro atoms. The molecule has 1 N–H and O–H groups in total. The molecule has 0 radical (unpaired) electrons. The molecule has 0 saturated carbocycles. The van der Waals surface area contributed by atoms with Crippen molar-refractivity contribution in [1.82, 2.24) is 9.91 Å². The summed E-state index contributed by atoms with van der Waals surface area (Å²) in [7, 11) is 2.29. The Labute approximate surface area is 114 Å². The average Bonchev–Trinajstić information content (AvgIpc) is 2.78. The van der Waals surface area contributed by atoms with Crippen LogP contribution in [-0.4, -0.2) is 31.4 Å². The summed E-state index contributed by atoms with van der Waals surface area (Å²) < 4.78 is 0.769. The summed E-state index contributed by atoms with van der Waals surface area (Å²) in [6, 6.07) is 10.8. The monoisotopic (exact) mass is 256 g/mol. The molecular weight excluding hydrogens is 234 g/mol. The van der Waals surface area contributed by atoms with Gasteiger partial charge in [-0.3, -0.25) is 0 Å². The molecule has 2 saturated heterocycles. The zero-order valence-corrected chi connectivity index (χ0v) is 11.5. The van der Waals surface area contributed by atoms with Crippen LogP contribution in [0.25, 0.3) is 0 Å². The van der Waals surface area contributed by atoms with Gasteiger partial charge in [-0.15, -0.1) is 0 Å². The highest BCUT2D eigenvalue weighted by molar-refractivity contribution is 5.91. The van der Waals surface area contributed by atoms with E-state index >= 15 is 0 Å². The van der Waals surface area contributed by atoms with Crippen molar-refractivity contribution in [3.63, 3.8) is 0 Å². The number of fused-ring (bicyclic) bond motifs is 3. The van der Waals surface area contributed by atoms with Crippen molar-refractivity contribution in [2.45, 2.75) is 50.2 Å². The third-order valence-electron chi connectivity index (χ3n) is 5.26. The van der Waals surface area contributed by atoms with Gasteiger partial charge >= 0.3 is 0 Å². The largest absolute Gasteiger partial charge is 0.311 e. The van der Waals surface area contributed by atoms with Gasteiger partial charge in [-0.1, -0.05) is 23.7 Å². The Hall–Kier alpha value is -1.19. The number of para-hydroxylation sites is 1. The standard InChI is InChI=1S/C16H22N3/c1-19(16-8-3-2-5-12(16)11-17-19)15-9-13-6-4-7-14(10-15)18-13/h2-3,5,8,11,13-15,18H,4,6-7,9-10H2,1H3/q+1/t13-,14+,15?,19?. The molecule has 2 bridgehead atoms. The Balaban J connectivity index is 1.67. The van der Waals surface area contributed by atoms with Crippen molar-refractivity contribution >= 4 is 11.9 Å². The minimum atomic E-state index is 0.636. The van der Waals surface area contributed by atoms with Crippen molar-refractivity contribution in [2.75, 3.05) is 7.05 Å². The predicted octanol–water partition coefficient (Wildman–Crippen LogP) is 2.64. The number of hydrogen-bond acceptors (Lipinski definition) is 2. The molecule has 4 rings (SSSR count). The second kappa shape index (κ2) is 4.15. The average molecular weight is 256 g/mol. The molecule has 3 nitrogen and oxygen atoms in total. The van der Waals surface area contributed by atoms with Crippen molar-refractivity contribution in [1.29, 1.82) is 0 Å². The number of piperidine rings is 2. The third-order valence-corrected chi connectivity index (χ3v) is 5.26. The van der Waals surface area contributed by atoms with E-state index in [0.717, 1.165) is 16.7 Å². The molecule has 4 atom stereocenters. The van der Waals surface area contributed by atoms with Gasteiger partial charge < -0.3 is 5.32 Å². The van der Waals surface area contributed by atoms with Crippen LogP contribution >= 0.6 is 0 Å². The van der Waals surface area contributed by atoms with Crippen molar-refractivity contribution in [2.24, 2.45) is 5.10 Å². The Morgan fingerprint density at radius 3 is 2.68 bits per heavy atom. The van der Waals surface area contributed by atoms with Gasteiger partial charge in [0.25, 0.3) is 0 Å². The molecule has 3 heterocycles. The molecule has 1 aromatic rings. The van der Waals surface area contributed by atoms with Gasteiger partial charge in [-0.05, 0) is 18.9 Å². The van der Waals surface area contributed by atoms with Crippen molar-refractivity contribution in [3.05, 3.63) is 29.8 Å². The van der Waals surface area contributed by atoms with Crippen LogP contribution in [0.4, 0.5) is 5.69 Å². The highest BCUT2D eigenvalue weighted by Gasteiger charge is 2.45. The second-order valence-electron chi connectivity index (χ2n) is 6.45. The van der Waals surface area contributed by atoms with Crippen LogP contribution in [0.2, 0.25) is 0 Å². The molecule has 2 unspecified atom stereocenters. The number of hydrogen-bond donors (Lipinski definition) is 1. The third kappa shape index (κ3) is 1.76. The first-order valence-electron chi connectivity index (χ1n) is 7.53. The first-order chi connectivity index (χ1) is 9.25. The lowest BCUT2D eigenvalue weighted by molar-refractivity contribution is 0.129. The van der Waals surface area contributed by atoms with Gasteiger partial charge in [-0.2, -0.15) is 4.59 Å². The fraction of sp³-hybridized carbons (Fsp3) is 0.562. The number of benzene rings is 1. The first kappa shape index (κ1) is 11.6. The summed E-state index contributed by atoms with van der Waals surface area (Å²) in [5.41, 5.74) is 2.68. The van der Waals surface area contributed by atoms with Crippen LogP contribution in [0.1, 0.15) is 37.7 Å². The number of rotatable bonds is 1. The lowest BCUT2D eigenvalue weighted by atomic mass is 9.83. The molecule has 1 aromatic carbocycles. The van der Waals surface area contributed by atoms with E-state index in [1.807, 2.05) is 0 Å². The van der Waals surface area contributed by atoms with E-state index < -0.39 is 0 Å². The van der Waals surface area contributed by atoms with Crippen LogP contribution in [-0.2, 0) is 0 Å². The predicted molar refractivity (Wildman–Crippen MR) is 79.3 cm³/mol. The van der Waals surface area contributed by atoms with Gasteiger partial charge in [0.15, 0.2) is 5.69 Å². The van der Waals surface area contributed by atoms with E-state index in [1.54, 1.807) is 0 Å². The summed E-state index contributed by atoms with van der Waals surface area (Å²) in [6.07, 6.45) is 8.68. The number of quaternary nitrogens is 1. The lowest BCUT2D eigenvalue weighted by Crippen LogP contribution is -2.59. The minimum absolute atomic E-state index is 0.636. The zero-order chi connectivity index (χ0) is 12.9. The summed E-state index contributed by atoms with van der Waals surface area (Å²) >= 11 is 0. The SMILES string of the molecule is C[N+]1(C2C[C@H]3CCC[C@@H](C2)N3)N=Cc2ccccc21. The van der Waals surface area contributed by atoms with Gasteiger partial charge in [0.2, 0.25) is 0 Å². The molecule has 3 aliphatic heterocycles. The minimum Gasteiger partial charge on any atom is -0.311 e. The Morgan fingerprint density at radius 1 is 1.16 bits per heavy atom. The van der Waals surface area contributed by atoms with Gasteiger partial charge in [-0.25, -0.2) is 0 Å². The molecule has 2 fully saturated rings.